The number of halogens is 3. The highest BCUT2D eigenvalue weighted by atomic mass is 19.4. The minimum Gasteiger partial charge on any atom is -0.308 e. The van der Waals surface area contributed by atoms with Gasteiger partial charge in [0.15, 0.2) is 0 Å². The van der Waals surface area contributed by atoms with Gasteiger partial charge in [0.05, 0.1) is 23.5 Å². The van der Waals surface area contributed by atoms with Crippen LogP contribution >= 0.6 is 0 Å². The predicted octanol–water partition coefficient (Wildman–Crippen LogP) is 2.80. The van der Waals surface area contributed by atoms with Crippen molar-refractivity contribution in [3.63, 3.8) is 0 Å². The molecular weight excluding hydrogens is 255 g/mol. The van der Waals surface area contributed by atoms with Crippen LogP contribution in [-0.4, -0.2) is 17.0 Å². The quantitative estimate of drug-likeness (QED) is 0.929. The Bertz CT molecular complexity index is 540. The van der Waals surface area contributed by atoms with Crippen LogP contribution in [0.2, 0.25) is 0 Å². The molecule has 19 heavy (non-hydrogen) atoms. The summed E-state index contributed by atoms with van der Waals surface area (Å²) in [6, 6.07) is 4.81. The lowest BCUT2D eigenvalue weighted by atomic mass is 9.98. The first-order valence-electron chi connectivity index (χ1n) is 5.63. The summed E-state index contributed by atoms with van der Waals surface area (Å²) < 4.78 is 39.0. The van der Waals surface area contributed by atoms with Gasteiger partial charge in [-0.2, -0.15) is 13.2 Å². The van der Waals surface area contributed by atoms with Crippen molar-refractivity contribution in [2.24, 2.45) is 0 Å². The molecule has 3 nitrogen and oxygen atoms in total. The predicted molar refractivity (Wildman–Crippen MR) is 64.4 cm³/mol. The van der Waals surface area contributed by atoms with Gasteiger partial charge in [-0.15, -0.1) is 0 Å². The summed E-state index contributed by atoms with van der Waals surface area (Å²) >= 11 is 0. The van der Waals surface area contributed by atoms with Crippen LogP contribution in [0.25, 0.3) is 0 Å². The van der Waals surface area contributed by atoms with Gasteiger partial charge in [-0.1, -0.05) is 18.2 Å². The molecule has 0 radical (unpaired) electrons. The topological polar surface area (TPSA) is 37.8 Å². The van der Waals surface area contributed by atoms with Crippen LogP contribution in [0, 0.1) is 0 Å². The molecule has 1 heterocycles. The second kappa shape index (κ2) is 5.36. The summed E-state index contributed by atoms with van der Waals surface area (Å²) in [5, 5.41) is 2.84. The molecule has 2 rings (SSSR count). The first kappa shape index (κ1) is 13.5. The summed E-state index contributed by atoms with van der Waals surface area (Å²) in [5.74, 6) is 0. The fraction of sp³-hybridized carbons (Fsp3) is 0.231. The van der Waals surface area contributed by atoms with E-state index in [2.05, 4.69) is 15.3 Å². The number of nitrogens with zero attached hydrogens (tertiary/aromatic N) is 2. The molecule has 0 spiro atoms. The summed E-state index contributed by atoms with van der Waals surface area (Å²) in [6.45, 7) is 0. The van der Waals surface area contributed by atoms with Crippen molar-refractivity contribution >= 4 is 0 Å². The largest absolute Gasteiger partial charge is 0.416 e. The third-order valence-corrected chi connectivity index (χ3v) is 2.74. The van der Waals surface area contributed by atoms with Gasteiger partial charge in [0, 0.05) is 12.4 Å². The molecule has 2 aromatic rings. The van der Waals surface area contributed by atoms with Crippen molar-refractivity contribution in [3.8, 4) is 0 Å². The molecule has 0 bridgehead atoms. The maximum Gasteiger partial charge on any atom is 0.416 e. The lowest BCUT2D eigenvalue weighted by molar-refractivity contribution is -0.138. The first-order chi connectivity index (χ1) is 9.04. The van der Waals surface area contributed by atoms with Crippen molar-refractivity contribution in [2.75, 3.05) is 7.05 Å². The van der Waals surface area contributed by atoms with Crippen LogP contribution in [-0.2, 0) is 6.18 Å². The van der Waals surface area contributed by atoms with Crippen molar-refractivity contribution < 1.29 is 13.2 Å². The maximum absolute atomic E-state index is 13.0. The Labute approximate surface area is 108 Å². The van der Waals surface area contributed by atoms with Gasteiger partial charge in [-0.3, -0.25) is 9.97 Å². The molecule has 0 saturated heterocycles. The smallest absolute Gasteiger partial charge is 0.308 e. The van der Waals surface area contributed by atoms with E-state index >= 15 is 0 Å². The zero-order valence-electron chi connectivity index (χ0n) is 10.1. The maximum atomic E-state index is 13.0. The van der Waals surface area contributed by atoms with Crippen molar-refractivity contribution in [1.29, 1.82) is 0 Å². The van der Waals surface area contributed by atoms with Crippen LogP contribution in [0.5, 0.6) is 0 Å². The molecule has 1 atom stereocenters. The Morgan fingerprint density at radius 2 is 1.89 bits per heavy atom. The second-order valence-electron chi connectivity index (χ2n) is 3.94. The molecule has 0 aliphatic rings. The lowest BCUT2D eigenvalue weighted by Crippen LogP contribution is -2.22. The van der Waals surface area contributed by atoms with Gasteiger partial charge in [0.1, 0.15) is 0 Å². The number of hydrogen-bond donors (Lipinski definition) is 1. The molecule has 1 aromatic heterocycles. The van der Waals surface area contributed by atoms with Crippen LogP contribution in [0.4, 0.5) is 13.2 Å². The molecule has 1 unspecified atom stereocenters. The lowest BCUT2D eigenvalue weighted by Gasteiger charge is -2.20. The SMILES string of the molecule is CNC(c1cnccn1)c1ccccc1C(F)(F)F. The summed E-state index contributed by atoms with van der Waals surface area (Å²) in [6.07, 6.45) is -0.00994. The number of aromatic nitrogens is 2. The Hall–Kier alpha value is -1.95. The minimum atomic E-state index is -4.39. The van der Waals surface area contributed by atoms with Gasteiger partial charge >= 0.3 is 6.18 Å². The molecule has 0 aliphatic heterocycles. The van der Waals surface area contributed by atoms with E-state index in [1.165, 1.54) is 30.7 Å². The van der Waals surface area contributed by atoms with Gasteiger partial charge in [0.2, 0.25) is 0 Å². The van der Waals surface area contributed by atoms with Crippen LogP contribution in [0.1, 0.15) is 22.9 Å². The van der Waals surface area contributed by atoms with E-state index in [0.29, 0.717) is 5.69 Å². The molecule has 1 aromatic carbocycles. The monoisotopic (exact) mass is 267 g/mol. The molecule has 100 valence electrons. The second-order valence-corrected chi connectivity index (χ2v) is 3.94. The van der Waals surface area contributed by atoms with E-state index in [1.54, 1.807) is 13.1 Å². The van der Waals surface area contributed by atoms with E-state index < -0.39 is 17.8 Å². The molecule has 6 heteroatoms. The van der Waals surface area contributed by atoms with Crippen molar-refractivity contribution in [2.45, 2.75) is 12.2 Å². The number of nitrogens with one attached hydrogen (secondary N) is 1. The van der Waals surface area contributed by atoms with Gasteiger partial charge < -0.3 is 5.32 Å². The van der Waals surface area contributed by atoms with E-state index in [1.807, 2.05) is 0 Å². The minimum absolute atomic E-state index is 0.137. The Morgan fingerprint density at radius 3 is 2.47 bits per heavy atom. The van der Waals surface area contributed by atoms with Crippen LogP contribution < -0.4 is 5.32 Å². The highest BCUT2D eigenvalue weighted by Gasteiger charge is 2.35. The highest BCUT2D eigenvalue weighted by Crippen LogP contribution is 2.35. The first-order valence-corrected chi connectivity index (χ1v) is 5.63. The van der Waals surface area contributed by atoms with Gasteiger partial charge in [-0.05, 0) is 18.7 Å². The zero-order chi connectivity index (χ0) is 13.9. The molecule has 0 saturated carbocycles. The molecule has 0 aliphatic carbocycles. The molecule has 0 amide bonds. The van der Waals surface area contributed by atoms with Crippen LogP contribution in [0.3, 0.4) is 0 Å². The Morgan fingerprint density at radius 1 is 1.16 bits per heavy atom. The summed E-state index contributed by atoms with van der Waals surface area (Å²) in [5.41, 5.74) is -0.0836. The van der Waals surface area contributed by atoms with Gasteiger partial charge in [-0.25, -0.2) is 0 Å². The third kappa shape index (κ3) is 2.90. The highest BCUT2D eigenvalue weighted by molar-refractivity contribution is 5.36. The van der Waals surface area contributed by atoms with Crippen molar-refractivity contribution in [1.82, 2.24) is 15.3 Å². The number of benzene rings is 1. The molecular formula is C13H12F3N3. The Kier molecular flexibility index (Phi) is 3.80. The van der Waals surface area contributed by atoms with E-state index in [9.17, 15) is 13.2 Å². The summed E-state index contributed by atoms with van der Waals surface area (Å²) in [7, 11) is 1.59. The van der Waals surface area contributed by atoms with Crippen molar-refractivity contribution in [3.05, 3.63) is 59.7 Å². The average Bonchev–Trinajstić information content (AvgIpc) is 2.40. The number of rotatable bonds is 3. The van der Waals surface area contributed by atoms with Crippen LogP contribution in [0.15, 0.2) is 42.9 Å². The zero-order valence-corrected chi connectivity index (χ0v) is 10.1. The number of hydrogen-bond acceptors (Lipinski definition) is 3. The normalized spacial score (nSPS) is 13.3. The average molecular weight is 267 g/mol. The van der Waals surface area contributed by atoms with E-state index in [0.717, 1.165) is 6.07 Å². The standard InChI is InChI=1S/C13H12F3N3/c1-17-12(11-8-18-6-7-19-11)9-4-2-3-5-10(9)13(14,15)16/h2-8,12,17H,1H3. The van der Waals surface area contributed by atoms with E-state index in [-0.39, 0.29) is 5.56 Å². The third-order valence-electron chi connectivity index (χ3n) is 2.74. The Balaban J connectivity index is 2.51. The summed E-state index contributed by atoms with van der Waals surface area (Å²) in [4.78, 5) is 7.94. The van der Waals surface area contributed by atoms with E-state index in [4.69, 9.17) is 0 Å². The fourth-order valence-electron chi connectivity index (χ4n) is 1.93. The molecule has 0 fully saturated rings. The fourth-order valence-corrected chi connectivity index (χ4v) is 1.93. The van der Waals surface area contributed by atoms with Gasteiger partial charge in [0.25, 0.3) is 0 Å². The number of alkyl halides is 3. The molecule has 1 N–H and O–H groups in total.